The average Bonchev–Trinajstić information content (AvgIpc) is 3.01. The van der Waals surface area contributed by atoms with Gasteiger partial charge >= 0.3 is 5.69 Å². The maximum Gasteiger partial charge on any atom is 0.323 e. The van der Waals surface area contributed by atoms with E-state index in [9.17, 15) is 9.90 Å². The van der Waals surface area contributed by atoms with Gasteiger partial charge < -0.3 is 29.3 Å². The predicted octanol–water partition coefficient (Wildman–Crippen LogP) is 2.87. The fraction of sp³-hybridized carbons (Fsp3) is 0.278. The Labute approximate surface area is 157 Å². The Hall–Kier alpha value is -2.45. The standard InChI is InChI=1S/C18H17BrN2O5/c1-24-13-6-8(5-11(19)17(13)25-2)10-7-14(22)26-16-9(10)3-4-12-15(16)21-18(23)20-12/h3-6,10,14,22H,7H2,1-2H3,(H2,20,21,23). The molecule has 2 atom stereocenters. The fourth-order valence-electron chi connectivity index (χ4n) is 3.46. The van der Waals surface area contributed by atoms with Crippen LogP contribution in [0.3, 0.4) is 0 Å². The maximum absolute atomic E-state index is 11.6. The minimum Gasteiger partial charge on any atom is -0.493 e. The Kier molecular flexibility index (Phi) is 4.16. The van der Waals surface area contributed by atoms with E-state index in [1.54, 1.807) is 14.2 Å². The van der Waals surface area contributed by atoms with Gasteiger partial charge in [-0.15, -0.1) is 0 Å². The first-order valence-corrected chi connectivity index (χ1v) is 8.82. The highest BCUT2D eigenvalue weighted by atomic mass is 79.9. The average molecular weight is 421 g/mol. The first kappa shape index (κ1) is 17.0. The van der Waals surface area contributed by atoms with Gasteiger partial charge in [-0.3, -0.25) is 0 Å². The van der Waals surface area contributed by atoms with Gasteiger partial charge in [0.25, 0.3) is 0 Å². The summed E-state index contributed by atoms with van der Waals surface area (Å²) < 4.78 is 17.2. The van der Waals surface area contributed by atoms with Crippen molar-refractivity contribution < 1.29 is 19.3 Å². The third-order valence-electron chi connectivity index (χ3n) is 4.60. The van der Waals surface area contributed by atoms with Crippen LogP contribution in [-0.4, -0.2) is 35.6 Å². The first-order valence-electron chi connectivity index (χ1n) is 8.03. The number of aromatic nitrogens is 2. The fourth-order valence-corrected chi connectivity index (χ4v) is 4.08. The van der Waals surface area contributed by atoms with Gasteiger partial charge in [0, 0.05) is 17.9 Å². The van der Waals surface area contributed by atoms with Crippen molar-refractivity contribution in [1.82, 2.24) is 9.97 Å². The number of methoxy groups -OCH3 is 2. The van der Waals surface area contributed by atoms with E-state index in [4.69, 9.17) is 14.2 Å². The number of hydrogen-bond acceptors (Lipinski definition) is 5. The SMILES string of the molecule is COc1cc(C2CC(O)Oc3c2ccc2[nH]c(=O)[nH]c32)cc(Br)c1OC. The highest BCUT2D eigenvalue weighted by molar-refractivity contribution is 9.10. The van der Waals surface area contributed by atoms with E-state index in [2.05, 4.69) is 25.9 Å². The molecule has 4 rings (SSSR count). The van der Waals surface area contributed by atoms with Crippen molar-refractivity contribution in [2.75, 3.05) is 14.2 Å². The van der Waals surface area contributed by atoms with E-state index >= 15 is 0 Å². The summed E-state index contributed by atoms with van der Waals surface area (Å²) in [5, 5.41) is 10.3. The second kappa shape index (κ2) is 6.37. The van der Waals surface area contributed by atoms with E-state index in [0.29, 0.717) is 34.7 Å². The lowest BCUT2D eigenvalue weighted by atomic mass is 9.85. The van der Waals surface area contributed by atoms with Gasteiger partial charge in [-0.1, -0.05) is 6.07 Å². The summed E-state index contributed by atoms with van der Waals surface area (Å²) >= 11 is 3.51. The molecule has 0 amide bonds. The van der Waals surface area contributed by atoms with Crippen molar-refractivity contribution in [2.24, 2.45) is 0 Å². The van der Waals surface area contributed by atoms with E-state index in [-0.39, 0.29) is 11.6 Å². The third-order valence-corrected chi connectivity index (χ3v) is 5.19. The molecular weight excluding hydrogens is 404 g/mol. The van der Waals surface area contributed by atoms with Crippen molar-refractivity contribution >= 4 is 27.0 Å². The molecule has 2 aromatic carbocycles. The van der Waals surface area contributed by atoms with Crippen molar-refractivity contribution in [3.8, 4) is 17.2 Å². The number of nitrogens with one attached hydrogen (secondary N) is 2. The van der Waals surface area contributed by atoms with Crippen LogP contribution in [0.15, 0.2) is 33.5 Å². The lowest BCUT2D eigenvalue weighted by Crippen LogP contribution is -2.26. The number of fused-ring (bicyclic) bond motifs is 3. The van der Waals surface area contributed by atoms with Gasteiger partial charge in [-0.05, 0) is 39.7 Å². The summed E-state index contributed by atoms with van der Waals surface area (Å²) in [7, 11) is 3.16. The molecule has 1 aliphatic rings. The molecule has 0 spiro atoms. The first-order chi connectivity index (χ1) is 12.5. The van der Waals surface area contributed by atoms with Crippen LogP contribution in [0.1, 0.15) is 23.5 Å². The molecule has 0 aliphatic carbocycles. The van der Waals surface area contributed by atoms with Crippen LogP contribution in [0.4, 0.5) is 0 Å². The predicted molar refractivity (Wildman–Crippen MR) is 99.3 cm³/mol. The Bertz CT molecular complexity index is 1040. The largest absolute Gasteiger partial charge is 0.493 e. The molecule has 1 aliphatic heterocycles. The molecule has 136 valence electrons. The lowest BCUT2D eigenvalue weighted by molar-refractivity contribution is -0.0348. The van der Waals surface area contributed by atoms with Crippen LogP contribution < -0.4 is 19.9 Å². The Morgan fingerprint density at radius 1 is 1.23 bits per heavy atom. The molecule has 3 N–H and O–H groups in total. The zero-order chi connectivity index (χ0) is 18.4. The van der Waals surface area contributed by atoms with Gasteiger partial charge in [-0.2, -0.15) is 0 Å². The van der Waals surface area contributed by atoms with Crippen LogP contribution in [-0.2, 0) is 0 Å². The Morgan fingerprint density at radius 3 is 2.77 bits per heavy atom. The lowest BCUT2D eigenvalue weighted by Gasteiger charge is -2.30. The zero-order valence-electron chi connectivity index (χ0n) is 14.1. The number of hydrogen-bond donors (Lipinski definition) is 3. The number of rotatable bonds is 3. The van der Waals surface area contributed by atoms with Gasteiger partial charge in [0.2, 0.25) is 0 Å². The number of benzene rings is 2. The second-order valence-corrected chi connectivity index (χ2v) is 6.94. The van der Waals surface area contributed by atoms with E-state index < -0.39 is 6.29 Å². The number of aliphatic hydroxyl groups excluding tert-OH is 1. The Morgan fingerprint density at radius 2 is 2.04 bits per heavy atom. The normalized spacial score (nSPS) is 19.1. The molecule has 0 saturated carbocycles. The molecule has 2 heterocycles. The number of aliphatic hydroxyl groups is 1. The van der Waals surface area contributed by atoms with E-state index in [1.807, 2.05) is 24.3 Å². The van der Waals surface area contributed by atoms with Gasteiger partial charge in [0.15, 0.2) is 23.5 Å². The van der Waals surface area contributed by atoms with E-state index in [0.717, 1.165) is 15.6 Å². The zero-order valence-corrected chi connectivity index (χ0v) is 15.7. The smallest absolute Gasteiger partial charge is 0.323 e. The molecule has 0 saturated heterocycles. The topological polar surface area (TPSA) is 96.6 Å². The quantitative estimate of drug-likeness (QED) is 0.605. The van der Waals surface area contributed by atoms with Crippen molar-refractivity contribution in [3.05, 3.63) is 50.3 Å². The van der Waals surface area contributed by atoms with E-state index in [1.165, 1.54) is 0 Å². The van der Waals surface area contributed by atoms with Crippen molar-refractivity contribution in [2.45, 2.75) is 18.6 Å². The molecule has 0 fully saturated rings. The number of imidazole rings is 1. The number of halogens is 1. The van der Waals surface area contributed by atoms with Gasteiger partial charge in [0.05, 0.1) is 24.2 Å². The summed E-state index contributed by atoms with van der Waals surface area (Å²) in [5.41, 5.74) is 2.70. The summed E-state index contributed by atoms with van der Waals surface area (Å²) in [6.07, 6.45) is -0.599. The van der Waals surface area contributed by atoms with Crippen molar-refractivity contribution in [1.29, 1.82) is 0 Å². The summed E-state index contributed by atoms with van der Waals surface area (Å²) in [6.45, 7) is 0. The minimum atomic E-state index is -0.983. The molecule has 1 aromatic heterocycles. The highest BCUT2D eigenvalue weighted by Gasteiger charge is 2.31. The Balaban J connectivity index is 1.90. The molecule has 26 heavy (non-hydrogen) atoms. The van der Waals surface area contributed by atoms with Crippen LogP contribution >= 0.6 is 15.9 Å². The van der Waals surface area contributed by atoms with Crippen LogP contribution in [0, 0.1) is 0 Å². The van der Waals surface area contributed by atoms with Crippen molar-refractivity contribution in [3.63, 3.8) is 0 Å². The van der Waals surface area contributed by atoms with Gasteiger partial charge in [-0.25, -0.2) is 4.79 Å². The molecule has 7 nitrogen and oxygen atoms in total. The minimum absolute atomic E-state index is 0.132. The molecule has 0 radical (unpaired) electrons. The maximum atomic E-state index is 11.6. The number of H-pyrrole nitrogens is 2. The summed E-state index contributed by atoms with van der Waals surface area (Å²) in [5.74, 6) is 1.55. The van der Waals surface area contributed by atoms with Crippen LogP contribution in [0.5, 0.6) is 17.2 Å². The molecule has 0 bridgehead atoms. The molecule has 8 heteroatoms. The molecule has 3 aromatic rings. The number of aromatic amines is 2. The molecular formula is C18H17BrN2O5. The van der Waals surface area contributed by atoms with Gasteiger partial charge in [0.1, 0.15) is 5.52 Å². The monoisotopic (exact) mass is 420 g/mol. The third kappa shape index (κ3) is 2.65. The molecule has 2 unspecified atom stereocenters. The summed E-state index contributed by atoms with van der Waals surface area (Å²) in [6, 6.07) is 7.57. The van der Waals surface area contributed by atoms with Crippen LogP contribution in [0.25, 0.3) is 11.0 Å². The van der Waals surface area contributed by atoms with Crippen LogP contribution in [0.2, 0.25) is 0 Å². The summed E-state index contributed by atoms with van der Waals surface area (Å²) in [4.78, 5) is 17.1. The highest BCUT2D eigenvalue weighted by Crippen LogP contribution is 2.46. The number of ether oxygens (including phenoxy) is 3. The second-order valence-electron chi connectivity index (χ2n) is 6.08.